The topological polar surface area (TPSA) is 20.3 Å². The highest BCUT2D eigenvalue weighted by Gasteiger charge is 2.34. The molecule has 1 saturated heterocycles. The van der Waals surface area contributed by atoms with Gasteiger partial charge in [-0.25, -0.2) is 0 Å². The van der Waals surface area contributed by atoms with Crippen molar-refractivity contribution >= 4 is 5.91 Å². The van der Waals surface area contributed by atoms with Crippen molar-refractivity contribution in [3.63, 3.8) is 0 Å². The van der Waals surface area contributed by atoms with Crippen molar-refractivity contribution in [1.82, 2.24) is 4.90 Å². The lowest BCUT2D eigenvalue weighted by Gasteiger charge is -2.31. The molecule has 0 aliphatic carbocycles. The molecule has 0 saturated carbocycles. The largest absolute Gasteiger partial charge is 0.338 e. The summed E-state index contributed by atoms with van der Waals surface area (Å²) >= 11 is 0. The minimum absolute atomic E-state index is 0.113. The highest BCUT2D eigenvalue weighted by Crippen LogP contribution is 2.28. The van der Waals surface area contributed by atoms with E-state index in [9.17, 15) is 4.79 Å². The Morgan fingerprint density at radius 3 is 2.53 bits per heavy atom. The number of amides is 1. The molecule has 0 aromatic carbocycles. The highest BCUT2D eigenvalue weighted by atomic mass is 16.2. The molecule has 88 valence electrons. The predicted molar refractivity (Wildman–Crippen MR) is 63.8 cm³/mol. The Kier molecular flexibility index (Phi) is 4.62. The first-order valence-corrected chi connectivity index (χ1v) is 6.38. The van der Waals surface area contributed by atoms with Gasteiger partial charge in [-0.2, -0.15) is 0 Å². The highest BCUT2D eigenvalue weighted by molar-refractivity contribution is 5.77. The van der Waals surface area contributed by atoms with E-state index in [0.717, 1.165) is 25.8 Å². The van der Waals surface area contributed by atoms with Crippen LogP contribution in [-0.2, 0) is 4.79 Å². The van der Waals surface area contributed by atoms with Gasteiger partial charge in [0.1, 0.15) is 0 Å². The van der Waals surface area contributed by atoms with Crippen LogP contribution in [0.25, 0.3) is 0 Å². The number of unbranched alkanes of at least 4 members (excludes halogenated alkanes) is 3. The van der Waals surface area contributed by atoms with Gasteiger partial charge in [0.05, 0.1) is 0 Å². The second-order valence-corrected chi connectivity index (χ2v) is 5.27. The summed E-state index contributed by atoms with van der Waals surface area (Å²) < 4.78 is 0. The summed E-state index contributed by atoms with van der Waals surface area (Å²) in [4.78, 5) is 14.0. The molecule has 0 atom stereocenters. The van der Waals surface area contributed by atoms with Crippen LogP contribution in [0.4, 0.5) is 0 Å². The van der Waals surface area contributed by atoms with Crippen LogP contribution in [-0.4, -0.2) is 22.9 Å². The molecule has 0 aromatic heterocycles. The number of likely N-dealkylation sites (tertiary alicyclic amines) is 1. The maximum absolute atomic E-state index is 12.0. The first-order chi connectivity index (χ1) is 7.08. The van der Waals surface area contributed by atoms with Crippen LogP contribution >= 0.6 is 0 Å². The SMILES string of the molecule is CCCCCCC(=O)N1CCCC1(C)C. The van der Waals surface area contributed by atoms with Gasteiger partial charge in [0.2, 0.25) is 5.91 Å². The van der Waals surface area contributed by atoms with Gasteiger partial charge in [-0.15, -0.1) is 0 Å². The van der Waals surface area contributed by atoms with Gasteiger partial charge < -0.3 is 4.90 Å². The van der Waals surface area contributed by atoms with Crippen molar-refractivity contribution in [2.45, 2.75) is 71.3 Å². The lowest BCUT2D eigenvalue weighted by molar-refractivity contribution is -0.134. The fourth-order valence-electron chi connectivity index (χ4n) is 2.41. The molecule has 1 heterocycles. The summed E-state index contributed by atoms with van der Waals surface area (Å²) in [6.07, 6.45) is 7.86. The van der Waals surface area contributed by atoms with Crippen LogP contribution in [0.2, 0.25) is 0 Å². The van der Waals surface area contributed by atoms with Gasteiger partial charge >= 0.3 is 0 Å². The molecule has 1 rings (SSSR count). The second kappa shape index (κ2) is 5.53. The molecule has 1 aliphatic rings. The van der Waals surface area contributed by atoms with E-state index >= 15 is 0 Å². The molecule has 0 unspecified atom stereocenters. The first-order valence-electron chi connectivity index (χ1n) is 6.38. The maximum Gasteiger partial charge on any atom is 0.223 e. The van der Waals surface area contributed by atoms with Gasteiger partial charge in [-0.05, 0) is 33.1 Å². The van der Waals surface area contributed by atoms with Crippen molar-refractivity contribution in [2.75, 3.05) is 6.54 Å². The monoisotopic (exact) mass is 211 g/mol. The summed E-state index contributed by atoms with van der Waals surface area (Å²) in [6.45, 7) is 7.54. The fraction of sp³-hybridized carbons (Fsp3) is 0.923. The fourth-order valence-corrected chi connectivity index (χ4v) is 2.41. The summed E-state index contributed by atoms with van der Waals surface area (Å²) in [5.41, 5.74) is 0.113. The van der Waals surface area contributed by atoms with E-state index in [1.807, 2.05) is 0 Å². The third kappa shape index (κ3) is 3.51. The van der Waals surface area contributed by atoms with Gasteiger partial charge in [0, 0.05) is 18.5 Å². The van der Waals surface area contributed by atoms with Crippen molar-refractivity contribution in [3.8, 4) is 0 Å². The van der Waals surface area contributed by atoms with Crippen LogP contribution < -0.4 is 0 Å². The standard InChI is InChI=1S/C13H25NO/c1-4-5-6-7-9-12(15)14-11-8-10-13(14,2)3/h4-11H2,1-3H3. The number of nitrogens with zero attached hydrogens (tertiary/aromatic N) is 1. The van der Waals surface area contributed by atoms with Crippen molar-refractivity contribution in [2.24, 2.45) is 0 Å². The zero-order chi connectivity index (χ0) is 11.3. The van der Waals surface area contributed by atoms with Crippen molar-refractivity contribution < 1.29 is 4.79 Å². The van der Waals surface area contributed by atoms with Crippen LogP contribution in [0, 0.1) is 0 Å². The summed E-state index contributed by atoms with van der Waals surface area (Å²) in [5.74, 6) is 0.369. The lowest BCUT2D eigenvalue weighted by atomic mass is 10.0. The number of carbonyl (C=O) groups is 1. The maximum atomic E-state index is 12.0. The molecular formula is C13H25NO. The molecule has 2 heteroatoms. The molecule has 2 nitrogen and oxygen atoms in total. The van der Waals surface area contributed by atoms with Crippen LogP contribution in [0.5, 0.6) is 0 Å². The van der Waals surface area contributed by atoms with Gasteiger partial charge in [-0.1, -0.05) is 26.2 Å². The zero-order valence-electron chi connectivity index (χ0n) is 10.5. The third-order valence-electron chi connectivity index (χ3n) is 3.45. The molecule has 1 fully saturated rings. The quantitative estimate of drug-likeness (QED) is 0.639. The predicted octanol–water partition coefficient (Wildman–Crippen LogP) is 3.36. The third-order valence-corrected chi connectivity index (χ3v) is 3.45. The smallest absolute Gasteiger partial charge is 0.223 e. The Hall–Kier alpha value is -0.530. The van der Waals surface area contributed by atoms with E-state index in [1.54, 1.807) is 0 Å². The lowest BCUT2D eigenvalue weighted by Crippen LogP contribution is -2.42. The zero-order valence-corrected chi connectivity index (χ0v) is 10.5. The van der Waals surface area contributed by atoms with E-state index in [4.69, 9.17) is 0 Å². The molecular weight excluding hydrogens is 186 g/mol. The Labute approximate surface area is 94.0 Å². The van der Waals surface area contributed by atoms with Gasteiger partial charge in [-0.3, -0.25) is 4.79 Å². The first kappa shape index (κ1) is 12.5. The Bertz CT molecular complexity index is 211. The van der Waals surface area contributed by atoms with Gasteiger partial charge in [0.25, 0.3) is 0 Å². The number of rotatable bonds is 5. The van der Waals surface area contributed by atoms with Gasteiger partial charge in [0.15, 0.2) is 0 Å². The molecule has 0 radical (unpaired) electrons. The average molecular weight is 211 g/mol. The normalized spacial score (nSPS) is 19.5. The number of hydrogen-bond donors (Lipinski definition) is 0. The Balaban J connectivity index is 2.28. The molecule has 0 spiro atoms. The van der Waals surface area contributed by atoms with E-state index < -0.39 is 0 Å². The molecule has 0 bridgehead atoms. The molecule has 0 N–H and O–H groups in total. The minimum atomic E-state index is 0.113. The van der Waals surface area contributed by atoms with E-state index in [0.29, 0.717) is 5.91 Å². The molecule has 15 heavy (non-hydrogen) atoms. The molecule has 1 aliphatic heterocycles. The van der Waals surface area contributed by atoms with E-state index in [2.05, 4.69) is 25.7 Å². The Morgan fingerprint density at radius 1 is 1.27 bits per heavy atom. The number of hydrogen-bond acceptors (Lipinski definition) is 1. The van der Waals surface area contributed by atoms with E-state index in [-0.39, 0.29) is 5.54 Å². The van der Waals surface area contributed by atoms with Crippen molar-refractivity contribution in [3.05, 3.63) is 0 Å². The molecule has 0 aromatic rings. The number of carbonyl (C=O) groups excluding carboxylic acids is 1. The average Bonchev–Trinajstić information content (AvgIpc) is 2.52. The summed E-state index contributed by atoms with van der Waals surface area (Å²) in [5, 5.41) is 0. The van der Waals surface area contributed by atoms with E-state index in [1.165, 1.54) is 25.7 Å². The van der Waals surface area contributed by atoms with Crippen LogP contribution in [0.15, 0.2) is 0 Å². The second-order valence-electron chi connectivity index (χ2n) is 5.27. The van der Waals surface area contributed by atoms with Crippen molar-refractivity contribution in [1.29, 1.82) is 0 Å². The Morgan fingerprint density at radius 2 is 2.00 bits per heavy atom. The van der Waals surface area contributed by atoms with Crippen LogP contribution in [0.1, 0.15) is 65.7 Å². The summed E-state index contributed by atoms with van der Waals surface area (Å²) in [6, 6.07) is 0. The summed E-state index contributed by atoms with van der Waals surface area (Å²) in [7, 11) is 0. The van der Waals surface area contributed by atoms with Crippen LogP contribution in [0.3, 0.4) is 0 Å². The molecule has 1 amide bonds. The minimum Gasteiger partial charge on any atom is -0.338 e.